The van der Waals surface area contributed by atoms with E-state index in [1.807, 2.05) is 0 Å². The van der Waals surface area contributed by atoms with E-state index in [1.54, 1.807) is 0 Å². The zero-order valence-electron chi connectivity index (χ0n) is 17.8. The second kappa shape index (κ2) is 21.1. The Labute approximate surface area is 223 Å². The van der Waals surface area contributed by atoms with Crippen LogP contribution in [-0.2, 0) is 34.3 Å². The maximum absolute atomic E-state index is 10.7. The van der Waals surface area contributed by atoms with Crippen molar-refractivity contribution in [2.24, 2.45) is 0 Å². The molecule has 27 heavy (non-hydrogen) atoms. The van der Waals surface area contributed by atoms with Crippen LogP contribution in [-0.4, -0.2) is 73.9 Å². The van der Waals surface area contributed by atoms with Gasteiger partial charge in [0.05, 0.1) is 12.8 Å². The van der Waals surface area contributed by atoms with Crippen LogP contribution >= 0.6 is 0 Å². The third-order valence-corrected chi connectivity index (χ3v) is 1.48. The number of carboxylic acid groups (broad SMARTS) is 3. The van der Waals surface area contributed by atoms with Crippen molar-refractivity contribution in [3.8, 4) is 0 Å². The van der Waals surface area contributed by atoms with E-state index < -0.39 is 52.9 Å². The molecule has 0 aromatic carbocycles. The number of carbonyl (C=O) groups is 5. The molecule has 14 nitrogen and oxygen atoms in total. The van der Waals surface area contributed by atoms with Crippen LogP contribution < -0.4 is 88.7 Å². The summed E-state index contributed by atoms with van der Waals surface area (Å²) in [6.45, 7) is 1.44. The average Bonchev–Trinajstić information content (AvgIpc) is 2.23. The Morgan fingerprint density at radius 1 is 1.00 bits per heavy atom. The topological polar surface area (TPSA) is 250 Å². The van der Waals surface area contributed by atoms with Crippen molar-refractivity contribution >= 4 is 40.7 Å². The third kappa shape index (κ3) is 37.8. The molecule has 0 fully saturated rings. The van der Waals surface area contributed by atoms with Crippen LogP contribution in [0.3, 0.4) is 0 Å². The molecule has 0 aromatic rings. The van der Waals surface area contributed by atoms with E-state index in [1.165, 1.54) is 6.92 Å². The number of ether oxygens (including phenoxy) is 1. The standard InChI is InChI=1S/C7H8O9.C2H4O.3Na.H2O4S.3H/c8-3(9)1-7(15,5(11)12)2-4(10)16-6(13)14;1-2-3;;;;1-5(2,3)4;;;/h15H,1-2H2,(H,8,9)(H,11,12)(H,13,14);2H,1H3;;;;(H2,1,2,3,4);;;/q;;3*+1;;3*-1. The third-order valence-electron chi connectivity index (χ3n) is 1.48. The van der Waals surface area contributed by atoms with Crippen LogP contribution in [0.1, 0.15) is 24.0 Å². The predicted octanol–water partition coefficient (Wildman–Crippen LogP) is -10.2. The zero-order valence-corrected chi connectivity index (χ0v) is 21.7. The summed E-state index contributed by atoms with van der Waals surface area (Å²) in [5.74, 6) is -5.18. The Balaban J connectivity index is -0.0000000392. The van der Waals surface area contributed by atoms with E-state index >= 15 is 0 Å². The van der Waals surface area contributed by atoms with Gasteiger partial charge < -0.3 is 34.2 Å². The summed E-state index contributed by atoms with van der Waals surface area (Å²) in [6.07, 6.45) is -3.76. The second-order valence-electron chi connectivity index (χ2n) is 3.51. The fourth-order valence-electron chi connectivity index (χ4n) is 0.836. The van der Waals surface area contributed by atoms with Crippen molar-refractivity contribution in [3.05, 3.63) is 0 Å². The van der Waals surface area contributed by atoms with E-state index in [9.17, 15) is 24.3 Å². The molecule has 0 aliphatic rings. The summed E-state index contributed by atoms with van der Waals surface area (Å²) in [5, 5.41) is 34.1. The van der Waals surface area contributed by atoms with Crippen LogP contribution in [0.2, 0.25) is 0 Å². The molecule has 1 unspecified atom stereocenters. The first-order valence-electron chi connectivity index (χ1n) is 5.29. The van der Waals surface area contributed by atoms with Gasteiger partial charge in [-0.2, -0.15) is 8.42 Å². The molecule has 0 amide bonds. The molecule has 0 saturated carbocycles. The normalized spacial score (nSPS) is 10.7. The molecule has 0 aliphatic carbocycles. The maximum atomic E-state index is 10.7. The fourth-order valence-corrected chi connectivity index (χ4v) is 0.836. The van der Waals surface area contributed by atoms with E-state index in [0.29, 0.717) is 0 Å². The van der Waals surface area contributed by atoms with Gasteiger partial charge in [0.2, 0.25) is 0 Å². The minimum atomic E-state index is -4.67. The largest absolute Gasteiger partial charge is 1.00 e. The van der Waals surface area contributed by atoms with Crippen molar-refractivity contribution in [2.75, 3.05) is 0 Å². The molecule has 18 heteroatoms. The van der Waals surface area contributed by atoms with Crippen molar-refractivity contribution in [1.29, 1.82) is 0 Å². The molecule has 6 N–H and O–H groups in total. The van der Waals surface area contributed by atoms with Gasteiger partial charge in [0.1, 0.15) is 6.29 Å². The minimum Gasteiger partial charge on any atom is -1.00 e. The summed E-state index contributed by atoms with van der Waals surface area (Å²) >= 11 is 0. The molecular weight excluding hydrogens is 433 g/mol. The van der Waals surface area contributed by atoms with Gasteiger partial charge in [0.15, 0.2) is 5.60 Å². The number of rotatable bonds is 5. The summed E-state index contributed by atoms with van der Waals surface area (Å²) < 4.78 is 35.1. The molecule has 146 valence electrons. The number of carbonyl (C=O) groups excluding carboxylic acids is 2. The van der Waals surface area contributed by atoms with Crippen molar-refractivity contribution in [3.63, 3.8) is 0 Å². The fraction of sp³-hybridized carbons (Fsp3) is 0.444. The van der Waals surface area contributed by atoms with E-state index in [-0.39, 0.29) is 93.0 Å². The number of esters is 1. The SMILES string of the molecule is CC=O.O=C(O)CC(O)(CC(=O)OC(=O)O)C(=O)O.O=S(=O)(O)O.[H-].[H-].[H-].[Na+].[Na+].[Na+]. The molecule has 0 spiro atoms. The van der Waals surface area contributed by atoms with Crippen LogP contribution in [0.15, 0.2) is 0 Å². The van der Waals surface area contributed by atoms with Gasteiger partial charge in [0.25, 0.3) is 0 Å². The first-order valence-corrected chi connectivity index (χ1v) is 6.69. The van der Waals surface area contributed by atoms with Crippen molar-refractivity contribution in [2.45, 2.75) is 25.4 Å². The molecule has 0 saturated heterocycles. The molecule has 0 heterocycles. The molecule has 0 radical (unpaired) electrons. The number of carboxylic acids is 2. The number of hydrogen-bond acceptors (Lipinski definition) is 9. The van der Waals surface area contributed by atoms with Gasteiger partial charge in [-0.1, -0.05) is 0 Å². The smallest absolute Gasteiger partial charge is 1.00 e. The Morgan fingerprint density at radius 3 is 1.48 bits per heavy atom. The number of aliphatic hydroxyl groups is 1. The number of aldehydes is 1. The number of aliphatic carboxylic acids is 2. The molecule has 0 aliphatic heterocycles. The summed E-state index contributed by atoms with van der Waals surface area (Å²) in [4.78, 5) is 50.2. The monoisotopic (exact) mass is 450 g/mol. The van der Waals surface area contributed by atoms with Gasteiger partial charge in [0, 0.05) is 0 Å². The Bertz CT molecular complexity index is 582. The molecular formula is C9H17Na3O14S. The molecule has 0 rings (SSSR count). The first-order chi connectivity index (χ1) is 10.6. The van der Waals surface area contributed by atoms with Crippen LogP contribution in [0.4, 0.5) is 4.79 Å². The summed E-state index contributed by atoms with van der Waals surface area (Å²) in [5.41, 5.74) is -2.89. The minimum absolute atomic E-state index is 0. The average molecular weight is 450 g/mol. The predicted molar refractivity (Wildman–Crippen MR) is 72.8 cm³/mol. The van der Waals surface area contributed by atoms with Gasteiger partial charge in [-0.3, -0.25) is 18.7 Å². The van der Waals surface area contributed by atoms with E-state index in [4.69, 9.17) is 37.6 Å². The maximum Gasteiger partial charge on any atom is 1.00 e. The zero-order chi connectivity index (χ0) is 20.1. The van der Waals surface area contributed by atoms with Gasteiger partial charge in [-0.25, -0.2) is 9.59 Å². The van der Waals surface area contributed by atoms with E-state index in [0.717, 1.165) is 6.29 Å². The molecule has 0 aromatic heterocycles. The first kappa shape index (κ1) is 41.7. The van der Waals surface area contributed by atoms with Crippen LogP contribution in [0.5, 0.6) is 0 Å². The molecule has 1 atom stereocenters. The van der Waals surface area contributed by atoms with E-state index in [2.05, 4.69) is 4.74 Å². The Kier molecular flexibility index (Phi) is 32.6. The van der Waals surface area contributed by atoms with Gasteiger partial charge in [-0.05, 0) is 6.92 Å². The van der Waals surface area contributed by atoms with Gasteiger partial charge >= 0.3 is 123 Å². The second-order valence-corrected chi connectivity index (χ2v) is 4.40. The number of hydrogen-bond donors (Lipinski definition) is 6. The van der Waals surface area contributed by atoms with Crippen LogP contribution in [0, 0.1) is 0 Å². The Morgan fingerprint density at radius 2 is 1.30 bits per heavy atom. The molecule has 0 bridgehead atoms. The van der Waals surface area contributed by atoms with Gasteiger partial charge in [-0.15, -0.1) is 0 Å². The summed E-state index contributed by atoms with van der Waals surface area (Å²) in [7, 11) is -4.67. The van der Waals surface area contributed by atoms with Crippen LogP contribution in [0.25, 0.3) is 0 Å². The Hall–Kier alpha value is 0.380. The van der Waals surface area contributed by atoms with Crippen molar-refractivity contribution in [1.82, 2.24) is 0 Å². The summed E-state index contributed by atoms with van der Waals surface area (Å²) in [6, 6.07) is 0. The van der Waals surface area contributed by atoms with Crippen molar-refractivity contribution < 1.29 is 160 Å². The quantitative estimate of drug-likeness (QED) is 0.0748.